The molecule has 0 spiro atoms. The number of nitrogens with one attached hydrogen (secondary N) is 1. The topological polar surface area (TPSA) is 72.7 Å². The van der Waals surface area contributed by atoms with E-state index >= 15 is 0 Å². The van der Waals surface area contributed by atoms with E-state index in [1.165, 1.54) is 11.0 Å². The summed E-state index contributed by atoms with van der Waals surface area (Å²) < 4.78 is 2.49. The Balaban J connectivity index is 1.85. The standard InChI is InChI=1S/C14H10IN5O/c15-12-6-1-2-7-13(12)17-14(21)10-4-3-5-11(8-10)20-9-16-18-19-20/h1-9H,(H,17,21). The number of carbonyl (C=O) groups excluding carboxylic acids is 1. The zero-order valence-electron chi connectivity index (χ0n) is 10.8. The Kier molecular flexibility index (Phi) is 3.91. The van der Waals surface area contributed by atoms with Crippen LogP contribution < -0.4 is 5.32 Å². The van der Waals surface area contributed by atoms with Crippen molar-refractivity contribution in [2.75, 3.05) is 5.32 Å². The number of para-hydroxylation sites is 1. The fraction of sp³-hybridized carbons (Fsp3) is 0. The van der Waals surface area contributed by atoms with E-state index in [4.69, 9.17) is 0 Å². The van der Waals surface area contributed by atoms with Crippen molar-refractivity contribution in [2.45, 2.75) is 0 Å². The number of aromatic nitrogens is 4. The number of amides is 1. The summed E-state index contributed by atoms with van der Waals surface area (Å²) in [6.07, 6.45) is 1.48. The first-order valence-corrected chi connectivity index (χ1v) is 7.21. The highest BCUT2D eigenvalue weighted by molar-refractivity contribution is 14.1. The third-order valence-corrected chi connectivity index (χ3v) is 3.78. The van der Waals surface area contributed by atoms with E-state index in [-0.39, 0.29) is 5.91 Å². The van der Waals surface area contributed by atoms with Gasteiger partial charge in [-0.1, -0.05) is 18.2 Å². The summed E-state index contributed by atoms with van der Waals surface area (Å²) in [6, 6.07) is 14.7. The lowest BCUT2D eigenvalue weighted by Gasteiger charge is -2.08. The highest BCUT2D eigenvalue weighted by atomic mass is 127. The van der Waals surface area contributed by atoms with Gasteiger partial charge >= 0.3 is 0 Å². The molecule has 0 atom stereocenters. The molecule has 6 nitrogen and oxygen atoms in total. The van der Waals surface area contributed by atoms with Crippen molar-refractivity contribution in [3.05, 3.63) is 64.0 Å². The third-order valence-electron chi connectivity index (χ3n) is 2.84. The second kappa shape index (κ2) is 6.00. The number of halogens is 1. The second-order valence-electron chi connectivity index (χ2n) is 4.24. The first-order valence-electron chi connectivity index (χ1n) is 6.13. The van der Waals surface area contributed by atoms with Gasteiger partial charge in [-0.15, -0.1) is 5.10 Å². The molecule has 3 rings (SSSR count). The Labute approximate surface area is 134 Å². The van der Waals surface area contributed by atoms with Gasteiger partial charge in [0.1, 0.15) is 6.33 Å². The molecule has 7 heteroatoms. The molecule has 1 heterocycles. The largest absolute Gasteiger partial charge is 0.321 e. The number of carbonyl (C=O) groups is 1. The lowest BCUT2D eigenvalue weighted by atomic mass is 10.2. The van der Waals surface area contributed by atoms with Crippen LogP contribution in [0.2, 0.25) is 0 Å². The summed E-state index contributed by atoms with van der Waals surface area (Å²) in [6.45, 7) is 0. The zero-order valence-corrected chi connectivity index (χ0v) is 12.9. The molecular formula is C14H10IN5O. The van der Waals surface area contributed by atoms with Crippen LogP contribution >= 0.6 is 22.6 Å². The van der Waals surface area contributed by atoms with Crippen molar-refractivity contribution in [2.24, 2.45) is 0 Å². The molecule has 0 unspecified atom stereocenters. The summed E-state index contributed by atoms with van der Waals surface area (Å²) >= 11 is 2.18. The van der Waals surface area contributed by atoms with Gasteiger partial charge in [0.2, 0.25) is 0 Å². The molecule has 0 fully saturated rings. The van der Waals surface area contributed by atoms with Crippen LogP contribution in [-0.2, 0) is 0 Å². The molecule has 21 heavy (non-hydrogen) atoms. The maximum Gasteiger partial charge on any atom is 0.255 e. The smallest absolute Gasteiger partial charge is 0.255 e. The average molecular weight is 391 g/mol. The van der Waals surface area contributed by atoms with Crippen molar-refractivity contribution in [1.29, 1.82) is 0 Å². The highest BCUT2D eigenvalue weighted by Gasteiger charge is 2.09. The van der Waals surface area contributed by atoms with Gasteiger partial charge in [0.25, 0.3) is 5.91 Å². The number of hydrogen-bond acceptors (Lipinski definition) is 4. The van der Waals surface area contributed by atoms with E-state index in [1.54, 1.807) is 18.2 Å². The Morgan fingerprint density at radius 1 is 1.14 bits per heavy atom. The maximum absolute atomic E-state index is 12.3. The quantitative estimate of drug-likeness (QED) is 0.697. The van der Waals surface area contributed by atoms with Crippen molar-refractivity contribution in [3.8, 4) is 5.69 Å². The average Bonchev–Trinajstić information content (AvgIpc) is 3.04. The molecule has 0 radical (unpaired) electrons. The SMILES string of the molecule is O=C(Nc1ccccc1I)c1cccc(-n2cnnn2)c1. The molecule has 0 bridgehead atoms. The molecule has 3 aromatic rings. The number of hydrogen-bond donors (Lipinski definition) is 1. The van der Waals surface area contributed by atoms with Gasteiger partial charge in [-0.25, -0.2) is 4.68 Å². The van der Waals surface area contributed by atoms with Gasteiger partial charge in [0.05, 0.1) is 11.4 Å². The first kappa shape index (κ1) is 13.7. The predicted molar refractivity (Wildman–Crippen MR) is 86.3 cm³/mol. The van der Waals surface area contributed by atoms with Crippen LogP contribution in [0.1, 0.15) is 10.4 Å². The number of rotatable bonds is 3. The Morgan fingerprint density at radius 2 is 2.00 bits per heavy atom. The molecule has 1 N–H and O–H groups in total. The molecule has 1 amide bonds. The maximum atomic E-state index is 12.3. The number of benzene rings is 2. The molecule has 1 aromatic heterocycles. The second-order valence-corrected chi connectivity index (χ2v) is 5.40. The van der Waals surface area contributed by atoms with Crippen LogP contribution in [0.4, 0.5) is 5.69 Å². The summed E-state index contributed by atoms with van der Waals surface area (Å²) in [5.74, 6) is -0.172. The Bertz CT molecular complexity index is 773. The molecule has 0 aliphatic rings. The van der Waals surface area contributed by atoms with Crippen LogP contribution in [-0.4, -0.2) is 26.1 Å². The Hall–Kier alpha value is -2.29. The first-order chi connectivity index (χ1) is 10.2. The van der Waals surface area contributed by atoms with E-state index in [2.05, 4.69) is 43.4 Å². The van der Waals surface area contributed by atoms with Gasteiger partial charge in [-0.3, -0.25) is 4.79 Å². The summed E-state index contributed by atoms with van der Waals surface area (Å²) in [5, 5.41) is 13.9. The normalized spacial score (nSPS) is 10.3. The van der Waals surface area contributed by atoms with Crippen LogP contribution in [0, 0.1) is 3.57 Å². The summed E-state index contributed by atoms with van der Waals surface area (Å²) in [4.78, 5) is 12.3. The highest BCUT2D eigenvalue weighted by Crippen LogP contribution is 2.18. The summed E-state index contributed by atoms with van der Waals surface area (Å²) in [7, 11) is 0. The lowest BCUT2D eigenvalue weighted by molar-refractivity contribution is 0.102. The third kappa shape index (κ3) is 3.07. The summed E-state index contributed by atoms with van der Waals surface area (Å²) in [5.41, 5.74) is 2.06. The van der Waals surface area contributed by atoms with Crippen LogP contribution in [0.25, 0.3) is 5.69 Å². The van der Waals surface area contributed by atoms with Crippen LogP contribution in [0.15, 0.2) is 54.9 Å². The Morgan fingerprint density at radius 3 is 2.76 bits per heavy atom. The number of tetrazole rings is 1. The van der Waals surface area contributed by atoms with Gasteiger partial charge < -0.3 is 5.32 Å². The van der Waals surface area contributed by atoms with E-state index in [1.807, 2.05) is 30.3 Å². The van der Waals surface area contributed by atoms with Gasteiger partial charge in [0, 0.05) is 9.13 Å². The van der Waals surface area contributed by atoms with Crippen molar-refractivity contribution >= 4 is 34.2 Å². The van der Waals surface area contributed by atoms with Crippen LogP contribution in [0.3, 0.4) is 0 Å². The molecule has 0 saturated heterocycles. The predicted octanol–water partition coefficient (Wildman–Crippen LogP) is 2.52. The van der Waals surface area contributed by atoms with Crippen molar-refractivity contribution in [1.82, 2.24) is 20.2 Å². The number of nitrogens with zero attached hydrogens (tertiary/aromatic N) is 4. The molecular weight excluding hydrogens is 381 g/mol. The van der Waals surface area contributed by atoms with E-state index in [0.717, 1.165) is 14.9 Å². The monoisotopic (exact) mass is 391 g/mol. The molecule has 0 aliphatic carbocycles. The molecule has 0 saturated carbocycles. The van der Waals surface area contributed by atoms with Gasteiger partial charge in [-0.05, 0) is 63.3 Å². The van der Waals surface area contributed by atoms with E-state index in [0.29, 0.717) is 5.56 Å². The molecule has 2 aromatic carbocycles. The van der Waals surface area contributed by atoms with Crippen molar-refractivity contribution < 1.29 is 4.79 Å². The lowest BCUT2D eigenvalue weighted by Crippen LogP contribution is -2.13. The fourth-order valence-electron chi connectivity index (χ4n) is 1.83. The number of anilines is 1. The van der Waals surface area contributed by atoms with Gasteiger partial charge in [0.15, 0.2) is 0 Å². The van der Waals surface area contributed by atoms with Crippen molar-refractivity contribution in [3.63, 3.8) is 0 Å². The minimum Gasteiger partial charge on any atom is -0.321 e. The van der Waals surface area contributed by atoms with E-state index in [9.17, 15) is 4.79 Å². The molecule has 0 aliphatic heterocycles. The fourth-order valence-corrected chi connectivity index (χ4v) is 2.35. The van der Waals surface area contributed by atoms with E-state index < -0.39 is 0 Å². The van der Waals surface area contributed by atoms with Gasteiger partial charge in [-0.2, -0.15) is 0 Å². The van der Waals surface area contributed by atoms with Crippen LogP contribution in [0.5, 0.6) is 0 Å². The molecule has 104 valence electrons. The zero-order chi connectivity index (χ0) is 14.7. The minimum atomic E-state index is -0.172. The minimum absolute atomic E-state index is 0.172.